The number of nitrogens with one attached hydrogen (secondary N) is 1. The van der Waals surface area contributed by atoms with Crippen molar-refractivity contribution < 1.29 is 27.4 Å². The molecule has 1 unspecified atom stereocenters. The first-order valence-corrected chi connectivity index (χ1v) is 12.4. The molecule has 0 aliphatic carbocycles. The van der Waals surface area contributed by atoms with Crippen LogP contribution in [-0.2, 0) is 17.4 Å². The van der Waals surface area contributed by atoms with E-state index in [1.807, 2.05) is 67.3 Å². The summed E-state index contributed by atoms with van der Waals surface area (Å²) in [6.45, 7) is 5.21. The van der Waals surface area contributed by atoms with Gasteiger partial charge in [-0.1, -0.05) is 42.5 Å². The molecular weight excluding hydrogens is 481 g/mol. The Morgan fingerprint density at radius 1 is 0.919 bits per heavy atom. The highest BCUT2D eigenvalue weighted by Gasteiger charge is 2.30. The molecule has 0 aliphatic rings. The zero-order valence-electron chi connectivity index (χ0n) is 21.3. The highest BCUT2D eigenvalue weighted by atomic mass is 19.4. The van der Waals surface area contributed by atoms with Crippen LogP contribution in [0.1, 0.15) is 43.0 Å². The van der Waals surface area contributed by atoms with E-state index in [0.29, 0.717) is 44.1 Å². The second-order valence-electron chi connectivity index (χ2n) is 8.42. The quantitative estimate of drug-likeness (QED) is 0.303. The minimum Gasteiger partial charge on any atom is -0.490 e. The Morgan fingerprint density at radius 2 is 1.57 bits per heavy atom. The number of ether oxygens (including phenoxy) is 2. The maximum absolute atomic E-state index is 13.2. The van der Waals surface area contributed by atoms with Gasteiger partial charge in [-0.15, -0.1) is 0 Å². The molecule has 0 fully saturated rings. The fourth-order valence-electron chi connectivity index (χ4n) is 4.18. The van der Waals surface area contributed by atoms with Gasteiger partial charge in [-0.3, -0.25) is 4.79 Å². The molecule has 0 radical (unpaired) electrons. The van der Waals surface area contributed by atoms with E-state index in [1.54, 1.807) is 7.05 Å². The maximum Gasteiger partial charge on any atom is 0.416 e. The number of benzene rings is 3. The first-order chi connectivity index (χ1) is 17.8. The standard InChI is InChI=1S/C29H33F3N2O3/c1-4-36-25-18-17-24(20-26(25)37-5-2)34(27(28(35)33-3)22-11-7-6-8-12-22)19-9-10-21-13-15-23(16-14-21)29(30,31)32/h6-8,11-18,20,27H,4-5,9-10,19H2,1-3H3,(H,33,35). The van der Waals surface area contributed by atoms with Gasteiger partial charge in [0, 0.05) is 25.3 Å². The predicted molar refractivity (Wildman–Crippen MR) is 139 cm³/mol. The van der Waals surface area contributed by atoms with Gasteiger partial charge in [-0.05, 0) is 62.1 Å². The van der Waals surface area contributed by atoms with E-state index < -0.39 is 17.8 Å². The van der Waals surface area contributed by atoms with Crippen molar-refractivity contribution in [2.45, 2.75) is 38.9 Å². The van der Waals surface area contributed by atoms with Crippen LogP contribution in [0.3, 0.4) is 0 Å². The van der Waals surface area contributed by atoms with Gasteiger partial charge in [-0.2, -0.15) is 13.2 Å². The van der Waals surface area contributed by atoms with Crippen molar-refractivity contribution in [1.82, 2.24) is 5.32 Å². The van der Waals surface area contributed by atoms with Crippen molar-refractivity contribution in [2.75, 3.05) is 31.7 Å². The molecule has 0 heterocycles. The van der Waals surface area contributed by atoms with E-state index in [2.05, 4.69) is 5.32 Å². The second kappa shape index (κ2) is 13.0. The number of halogens is 3. The average molecular weight is 515 g/mol. The van der Waals surface area contributed by atoms with E-state index in [9.17, 15) is 18.0 Å². The molecule has 1 atom stereocenters. The van der Waals surface area contributed by atoms with E-state index in [1.165, 1.54) is 12.1 Å². The fourth-order valence-corrected chi connectivity index (χ4v) is 4.18. The van der Waals surface area contributed by atoms with Crippen molar-refractivity contribution in [2.24, 2.45) is 0 Å². The number of anilines is 1. The number of aryl methyl sites for hydroxylation is 1. The third-order valence-electron chi connectivity index (χ3n) is 5.93. The van der Waals surface area contributed by atoms with Gasteiger partial charge in [-0.25, -0.2) is 0 Å². The molecule has 3 aromatic rings. The highest BCUT2D eigenvalue weighted by molar-refractivity contribution is 5.86. The summed E-state index contributed by atoms with van der Waals surface area (Å²) >= 11 is 0. The van der Waals surface area contributed by atoms with Gasteiger partial charge >= 0.3 is 6.18 Å². The fraction of sp³-hybridized carbons (Fsp3) is 0.345. The van der Waals surface area contributed by atoms with Gasteiger partial charge in [0.15, 0.2) is 11.5 Å². The third-order valence-corrected chi connectivity index (χ3v) is 5.93. The molecule has 0 aromatic heterocycles. The number of carbonyl (C=O) groups is 1. The van der Waals surface area contributed by atoms with E-state index in [-0.39, 0.29) is 5.91 Å². The van der Waals surface area contributed by atoms with Crippen molar-refractivity contribution in [1.29, 1.82) is 0 Å². The molecule has 37 heavy (non-hydrogen) atoms. The molecule has 5 nitrogen and oxygen atoms in total. The molecule has 1 N–H and O–H groups in total. The average Bonchev–Trinajstić information content (AvgIpc) is 2.89. The number of alkyl halides is 3. The molecule has 0 bridgehead atoms. The number of nitrogens with zero attached hydrogens (tertiary/aromatic N) is 1. The van der Waals surface area contributed by atoms with Crippen molar-refractivity contribution in [3.8, 4) is 11.5 Å². The summed E-state index contributed by atoms with van der Waals surface area (Å²) < 4.78 is 50.3. The topological polar surface area (TPSA) is 50.8 Å². The van der Waals surface area contributed by atoms with Crippen LogP contribution in [0.5, 0.6) is 11.5 Å². The van der Waals surface area contributed by atoms with Crippen LogP contribution in [0.4, 0.5) is 18.9 Å². The largest absolute Gasteiger partial charge is 0.490 e. The normalized spacial score (nSPS) is 12.1. The van der Waals surface area contributed by atoms with E-state index in [0.717, 1.165) is 28.9 Å². The third kappa shape index (κ3) is 7.41. The van der Waals surface area contributed by atoms with Crippen LogP contribution < -0.4 is 19.7 Å². The van der Waals surface area contributed by atoms with Crippen LogP contribution in [0.25, 0.3) is 0 Å². The number of rotatable bonds is 12. The number of hydrogen-bond acceptors (Lipinski definition) is 4. The lowest BCUT2D eigenvalue weighted by atomic mass is 10.0. The lowest BCUT2D eigenvalue weighted by molar-refractivity contribution is -0.137. The van der Waals surface area contributed by atoms with Crippen LogP contribution in [0.2, 0.25) is 0 Å². The van der Waals surface area contributed by atoms with Gasteiger partial charge in [0.05, 0.1) is 18.8 Å². The number of amides is 1. The van der Waals surface area contributed by atoms with E-state index >= 15 is 0 Å². The van der Waals surface area contributed by atoms with E-state index in [4.69, 9.17) is 9.47 Å². The first-order valence-electron chi connectivity index (χ1n) is 12.4. The summed E-state index contributed by atoms with van der Waals surface area (Å²) in [4.78, 5) is 15.2. The number of likely N-dealkylation sites (N-methyl/N-ethyl adjacent to an activating group) is 1. The van der Waals surface area contributed by atoms with Crippen LogP contribution in [-0.4, -0.2) is 32.7 Å². The molecule has 0 saturated carbocycles. The molecule has 198 valence electrons. The monoisotopic (exact) mass is 514 g/mol. The number of hydrogen-bond donors (Lipinski definition) is 1. The molecule has 8 heteroatoms. The Balaban J connectivity index is 1.93. The highest BCUT2D eigenvalue weighted by Crippen LogP contribution is 2.36. The summed E-state index contributed by atoms with van der Waals surface area (Å²) in [6.07, 6.45) is -3.19. The molecule has 0 spiro atoms. The Morgan fingerprint density at radius 3 is 2.16 bits per heavy atom. The summed E-state index contributed by atoms with van der Waals surface area (Å²) in [5.74, 6) is 1.03. The van der Waals surface area contributed by atoms with Gasteiger partial charge < -0.3 is 19.7 Å². The maximum atomic E-state index is 13.2. The molecular formula is C29H33F3N2O3. The summed E-state index contributed by atoms with van der Waals surface area (Å²) in [7, 11) is 1.60. The zero-order chi connectivity index (χ0) is 26.8. The SMILES string of the molecule is CCOc1ccc(N(CCCc2ccc(C(F)(F)F)cc2)C(C(=O)NC)c2ccccc2)cc1OCC. The van der Waals surface area contributed by atoms with Gasteiger partial charge in [0.25, 0.3) is 0 Å². The minimum absolute atomic E-state index is 0.174. The molecule has 0 aliphatic heterocycles. The van der Waals surface area contributed by atoms with Crippen LogP contribution >= 0.6 is 0 Å². The summed E-state index contributed by atoms with van der Waals surface area (Å²) in [5, 5.41) is 2.77. The Hall–Kier alpha value is -3.68. The Kier molecular flexibility index (Phi) is 9.83. The second-order valence-corrected chi connectivity index (χ2v) is 8.42. The van der Waals surface area contributed by atoms with Gasteiger partial charge in [0.2, 0.25) is 5.91 Å². The summed E-state index contributed by atoms with van der Waals surface area (Å²) in [5.41, 5.74) is 1.73. The Bertz CT molecular complexity index is 1140. The molecule has 0 saturated heterocycles. The summed E-state index contributed by atoms with van der Waals surface area (Å²) in [6, 6.07) is 19.7. The Labute approximate surface area is 216 Å². The lowest BCUT2D eigenvalue weighted by Gasteiger charge is -2.33. The van der Waals surface area contributed by atoms with Crippen molar-refractivity contribution in [3.05, 3.63) is 89.5 Å². The molecule has 1 amide bonds. The van der Waals surface area contributed by atoms with Crippen molar-refractivity contribution in [3.63, 3.8) is 0 Å². The number of carbonyl (C=O) groups excluding carboxylic acids is 1. The smallest absolute Gasteiger partial charge is 0.416 e. The predicted octanol–water partition coefficient (Wildman–Crippen LogP) is 6.43. The van der Waals surface area contributed by atoms with Crippen LogP contribution in [0, 0.1) is 0 Å². The molecule has 3 aromatic carbocycles. The van der Waals surface area contributed by atoms with Crippen LogP contribution in [0.15, 0.2) is 72.8 Å². The molecule has 3 rings (SSSR count). The lowest BCUT2D eigenvalue weighted by Crippen LogP contribution is -2.40. The minimum atomic E-state index is -4.36. The van der Waals surface area contributed by atoms with Gasteiger partial charge in [0.1, 0.15) is 6.04 Å². The first kappa shape index (κ1) is 27.9. The van der Waals surface area contributed by atoms with Crippen molar-refractivity contribution >= 4 is 11.6 Å². The zero-order valence-corrected chi connectivity index (χ0v) is 21.3.